The molecule has 0 amide bonds. The molecular formula is C11H12F3NO3. The molecule has 1 aromatic carbocycles. The zero-order valence-corrected chi connectivity index (χ0v) is 9.31. The first-order chi connectivity index (χ1) is 8.27. The molecule has 0 saturated carbocycles. The lowest BCUT2D eigenvalue weighted by Crippen LogP contribution is -2.62. The number of carboxylic acid groups (broad SMARTS) is 1. The van der Waals surface area contributed by atoms with Crippen LogP contribution in [0.1, 0.15) is 5.56 Å². The third-order valence-corrected chi connectivity index (χ3v) is 1.76. The van der Waals surface area contributed by atoms with Crippen molar-refractivity contribution in [3.63, 3.8) is 0 Å². The van der Waals surface area contributed by atoms with Gasteiger partial charge in [-0.3, -0.25) is 4.79 Å². The smallest absolute Gasteiger partial charge is 0.430 e. The molecule has 1 rings (SSSR count). The zero-order valence-electron chi connectivity index (χ0n) is 9.31. The van der Waals surface area contributed by atoms with Crippen LogP contribution < -0.4 is 10.8 Å². The highest BCUT2D eigenvalue weighted by atomic mass is 19.4. The molecular weight excluding hydrogens is 251 g/mol. The van der Waals surface area contributed by atoms with Crippen molar-refractivity contribution in [2.75, 3.05) is 0 Å². The van der Waals surface area contributed by atoms with E-state index in [0.29, 0.717) is 0 Å². The first-order valence-electron chi connectivity index (χ1n) is 4.87. The number of quaternary nitrogens is 1. The fourth-order valence-corrected chi connectivity index (χ4v) is 0.965. The van der Waals surface area contributed by atoms with Crippen LogP contribution in [0, 0.1) is 0 Å². The van der Waals surface area contributed by atoms with Crippen LogP contribution in [0.3, 0.4) is 0 Å². The number of hydrogen-bond acceptors (Lipinski definition) is 3. The number of halogens is 3. The van der Waals surface area contributed by atoms with Crippen LogP contribution in [0.2, 0.25) is 0 Å². The van der Waals surface area contributed by atoms with Crippen LogP contribution in [0.25, 0.3) is 0 Å². The van der Waals surface area contributed by atoms with Crippen molar-refractivity contribution in [1.29, 1.82) is 0 Å². The van der Waals surface area contributed by atoms with Crippen LogP contribution in [0.4, 0.5) is 13.2 Å². The average Bonchev–Trinajstić information content (AvgIpc) is 2.29. The predicted molar refractivity (Wildman–Crippen MR) is 53.9 cm³/mol. The van der Waals surface area contributed by atoms with Crippen LogP contribution in [-0.2, 0) is 16.0 Å². The monoisotopic (exact) mass is 263 g/mol. The van der Waals surface area contributed by atoms with Gasteiger partial charge in [0.1, 0.15) is 12.0 Å². The molecule has 0 spiro atoms. The molecule has 0 saturated heterocycles. The van der Waals surface area contributed by atoms with Gasteiger partial charge in [0.25, 0.3) is 0 Å². The molecule has 4 nitrogen and oxygen atoms in total. The Bertz CT molecular complexity index is 379. The van der Waals surface area contributed by atoms with Crippen molar-refractivity contribution < 1.29 is 33.6 Å². The Balaban J connectivity index is 0.000000360. The summed E-state index contributed by atoms with van der Waals surface area (Å²) in [6.45, 7) is 0. The molecule has 0 heterocycles. The highest BCUT2D eigenvalue weighted by Gasteiger charge is 2.28. The SMILES string of the molecule is O=C([O-])C(F)(F)F.[NH3+]C(C=O)Cc1ccccc1. The fraction of sp³-hybridized carbons (Fsp3) is 0.273. The third kappa shape index (κ3) is 7.39. The summed E-state index contributed by atoms with van der Waals surface area (Å²) in [5, 5.41) is 8.78. The molecule has 0 fully saturated rings. The number of carbonyl (C=O) groups excluding carboxylic acids is 2. The normalized spacial score (nSPS) is 12.0. The molecule has 0 aliphatic heterocycles. The Hall–Kier alpha value is -1.89. The second-order valence-corrected chi connectivity index (χ2v) is 3.37. The topological polar surface area (TPSA) is 84.8 Å². The number of rotatable bonds is 3. The second kappa shape index (κ2) is 7.44. The maximum Gasteiger partial charge on any atom is 0.430 e. The van der Waals surface area contributed by atoms with Gasteiger partial charge in [0, 0.05) is 6.42 Å². The van der Waals surface area contributed by atoms with Gasteiger partial charge in [-0.2, -0.15) is 13.2 Å². The summed E-state index contributed by atoms with van der Waals surface area (Å²) in [5.74, 6) is -3.01. The molecule has 0 radical (unpaired) electrons. The van der Waals surface area contributed by atoms with Crippen LogP contribution >= 0.6 is 0 Å². The van der Waals surface area contributed by atoms with E-state index in [1.807, 2.05) is 30.3 Å². The fourth-order valence-electron chi connectivity index (χ4n) is 0.965. The van der Waals surface area contributed by atoms with E-state index in [9.17, 15) is 18.0 Å². The zero-order chi connectivity index (χ0) is 14.2. The average molecular weight is 263 g/mol. The molecule has 0 aliphatic rings. The largest absolute Gasteiger partial charge is 0.542 e. The van der Waals surface area contributed by atoms with Crippen molar-refractivity contribution in [3.05, 3.63) is 35.9 Å². The van der Waals surface area contributed by atoms with Crippen LogP contribution in [0.15, 0.2) is 30.3 Å². The summed E-state index contributed by atoms with van der Waals surface area (Å²) in [4.78, 5) is 19.0. The summed E-state index contributed by atoms with van der Waals surface area (Å²) in [5.41, 5.74) is 4.85. The number of benzene rings is 1. The minimum Gasteiger partial charge on any atom is -0.542 e. The van der Waals surface area contributed by atoms with Crippen molar-refractivity contribution in [1.82, 2.24) is 0 Å². The van der Waals surface area contributed by atoms with Gasteiger partial charge in [-0.15, -0.1) is 0 Å². The van der Waals surface area contributed by atoms with E-state index < -0.39 is 12.1 Å². The second-order valence-electron chi connectivity index (χ2n) is 3.37. The molecule has 100 valence electrons. The van der Waals surface area contributed by atoms with Crippen LogP contribution in [0.5, 0.6) is 0 Å². The van der Waals surface area contributed by atoms with Crippen molar-refractivity contribution in [2.24, 2.45) is 0 Å². The highest BCUT2D eigenvalue weighted by Crippen LogP contribution is 2.11. The molecule has 1 atom stereocenters. The number of carbonyl (C=O) groups is 2. The maximum atomic E-state index is 10.5. The van der Waals surface area contributed by atoms with Gasteiger partial charge >= 0.3 is 6.18 Å². The van der Waals surface area contributed by atoms with Crippen molar-refractivity contribution in [2.45, 2.75) is 18.6 Å². The molecule has 18 heavy (non-hydrogen) atoms. The number of aldehydes is 1. The lowest BCUT2D eigenvalue weighted by Gasteiger charge is -2.03. The predicted octanol–water partition coefficient (Wildman–Crippen LogP) is -0.663. The van der Waals surface area contributed by atoms with Gasteiger partial charge in [0.15, 0.2) is 6.29 Å². The first kappa shape index (κ1) is 16.1. The maximum absolute atomic E-state index is 10.5. The summed E-state index contributed by atoms with van der Waals surface area (Å²) < 4.78 is 31.5. The van der Waals surface area contributed by atoms with E-state index >= 15 is 0 Å². The Kier molecular flexibility index (Phi) is 6.66. The van der Waals surface area contributed by atoms with Gasteiger partial charge in [-0.25, -0.2) is 0 Å². The van der Waals surface area contributed by atoms with E-state index in [2.05, 4.69) is 5.73 Å². The van der Waals surface area contributed by atoms with Crippen molar-refractivity contribution in [3.8, 4) is 0 Å². The van der Waals surface area contributed by atoms with Gasteiger partial charge in [-0.05, 0) is 5.56 Å². The summed E-state index contributed by atoms with van der Waals surface area (Å²) in [6.07, 6.45) is -3.57. The summed E-state index contributed by atoms with van der Waals surface area (Å²) in [6, 6.07) is 9.78. The Labute approximate surface area is 101 Å². The van der Waals surface area contributed by atoms with E-state index in [0.717, 1.165) is 12.7 Å². The number of carboxylic acids is 1. The molecule has 3 N–H and O–H groups in total. The van der Waals surface area contributed by atoms with Crippen molar-refractivity contribution >= 4 is 12.3 Å². The van der Waals surface area contributed by atoms with Crippen LogP contribution in [-0.4, -0.2) is 24.5 Å². The molecule has 0 aromatic heterocycles. The van der Waals surface area contributed by atoms with E-state index in [-0.39, 0.29) is 6.04 Å². The van der Waals surface area contributed by atoms with E-state index in [4.69, 9.17) is 9.90 Å². The summed E-state index contributed by atoms with van der Waals surface area (Å²) in [7, 11) is 0. The van der Waals surface area contributed by atoms with E-state index in [1.165, 1.54) is 5.56 Å². The minimum atomic E-state index is -5.19. The number of alkyl halides is 3. The molecule has 0 aliphatic carbocycles. The number of aliphatic carboxylic acids is 1. The molecule has 1 unspecified atom stereocenters. The van der Waals surface area contributed by atoms with Gasteiger partial charge in [0.2, 0.25) is 0 Å². The van der Waals surface area contributed by atoms with Gasteiger partial charge < -0.3 is 15.6 Å². The highest BCUT2D eigenvalue weighted by molar-refractivity contribution is 5.70. The van der Waals surface area contributed by atoms with Gasteiger partial charge in [-0.1, -0.05) is 30.3 Å². The lowest BCUT2D eigenvalue weighted by molar-refractivity contribution is -0.399. The first-order valence-corrected chi connectivity index (χ1v) is 4.87. The number of hydrogen-bond donors (Lipinski definition) is 1. The molecule has 0 bridgehead atoms. The standard InChI is InChI=1S/C9H11NO.C2HF3O2/c10-9(7-11)6-8-4-2-1-3-5-8;3-2(4,5)1(6)7/h1-5,7,9H,6,10H2;(H,6,7). The quantitative estimate of drug-likeness (QED) is 0.734. The summed E-state index contributed by atoms with van der Waals surface area (Å²) >= 11 is 0. The molecule has 7 heteroatoms. The van der Waals surface area contributed by atoms with Gasteiger partial charge in [0.05, 0.1) is 0 Å². The Morgan fingerprint density at radius 1 is 1.33 bits per heavy atom. The van der Waals surface area contributed by atoms with E-state index in [1.54, 1.807) is 0 Å². The molecule has 1 aromatic rings. The third-order valence-electron chi connectivity index (χ3n) is 1.76. The Morgan fingerprint density at radius 3 is 2.11 bits per heavy atom. The Morgan fingerprint density at radius 2 is 1.78 bits per heavy atom. The lowest BCUT2D eigenvalue weighted by atomic mass is 10.1. The minimum absolute atomic E-state index is 0.114.